The molecule has 1 atom stereocenters. The van der Waals surface area contributed by atoms with Crippen LogP contribution < -0.4 is 10.5 Å². The maximum Gasteiger partial charge on any atom is 0.215 e. The second-order valence-electron chi connectivity index (χ2n) is 6.02. The van der Waals surface area contributed by atoms with Crippen molar-refractivity contribution in [3.05, 3.63) is 35.4 Å². The van der Waals surface area contributed by atoms with Gasteiger partial charge < -0.3 is 5.73 Å². The average Bonchev–Trinajstić information content (AvgIpc) is 2.94. The van der Waals surface area contributed by atoms with Crippen LogP contribution in [-0.4, -0.2) is 15.0 Å². The van der Waals surface area contributed by atoms with E-state index >= 15 is 0 Å². The summed E-state index contributed by atoms with van der Waals surface area (Å²) in [6, 6.07) is 7.41. The minimum absolute atomic E-state index is 0.0218. The lowest BCUT2D eigenvalue weighted by Crippen LogP contribution is -2.28. The molecule has 0 bridgehead atoms. The first-order chi connectivity index (χ1) is 8.82. The molecule has 0 aliphatic heterocycles. The fourth-order valence-corrected chi connectivity index (χ4v) is 3.44. The van der Waals surface area contributed by atoms with Crippen LogP contribution in [-0.2, 0) is 22.3 Å². The Kier molecular flexibility index (Phi) is 3.99. The van der Waals surface area contributed by atoms with Gasteiger partial charge in [0.25, 0.3) is 0 Å². The second-order valence-corrected chi connectivity index (χ2v) is 7.83. The molecule has 19 heavy (non-hydrogen) atoms. The van der Waals surface area contributed by atoms with Crippen molar-refractivity contribution < 1.29 is 8.42 Å². The first kappa shape index (κ1) is 14.5. The molecule has 1 fully saturated rings. The molecule has 0 heterocycles. The SMILES string of the molecule is CC1(C)CC1CNS(=O)(=O)Cc1cccc(CN)c1. The fourth-order valence-electron chi connectivity index (χ4n) is 2.27. The Morgan fingerprint density at radius 2 is 2.00 bits per heavy atom. The minimum atomic E-state index is -3.26. The monoisotopic (exact) mass is 282 g/mol. The van der Waals surface area contributed by atoms with E-state index in [1.165, 1.54) is 0 Å². The molecule has 106 valence electrons. The number of hydrogen-bond donors (Lipinski definition) is 2. The number of sulfonamides is 1. The van der Waals surface area contributed by atoms with E-state index in [4.69, 9.17) is 5.73 Å². The van der Waals surface area contributed by atoms with Crippen molar-refractivity contribution in [1.29, 1.82) is 0 Å². The summed E-state index contributed by atoms with van der Waals surface area (Å²) in [7, 11) is -3.26. The molecule has 1 aliphatic rings. The van der Waals surface area contributed by atoms with Gasteiger partial charge in [0, 0.05) is 13.1 Å². The minimum Gasteiger partial charge on any atom is -0.326 e. The summed E-state index contributed by atoms with van der Waals surface area (Å²) >= 11 is 0. The molecule has 1 aliphatic carbocycles. The van der Waals surface area contributed by atoms with Crippen LogP contribution in [0.4, 0.5) is 0 Å². The van der Waals surface area contributed by atoms with Gasteiger partial charge in [-0.25, -0.2) is 13.1 Å². The summed E-state index contributed by atoms with van der Waals surface area (Å²) in [5, 5.41) is 0. The number of nitrogens with one attached hydrogen (secondary N) is 1. The lowest BCUT2D eigenvalue weighted by molar-refractivity contribution is 0.537. The lowest BCUT2D eigenvalue weighted by atomic mass is 10.1. The summed E-state index contributed by atoms with van der Waals surface area (Å²) in [5.41, 5.74) is 7.59. The molecule has 0 saturated heterocycles. The van der Waals surface area contributed by atoms with E-state index < -0.39 is 10.0 Å². The highest BCUT2D eigenvalue weighted by molar-refractivity contribution is 7.88. The molecule has 3 N–H and O–H groups in total. The van der Waals surface area contributed by atoms with Gasteiger partial charge in [0.1, 0.15) is 0 Å². The predicted molar refractivity (Wildman–Crippen MR) is 76.8 cm³/mol. The zero-order valence-electron chi connectivity index (χ0n) is 11.5. The largest absolute Gasteiger partial charge is 0.326 e. The zero-order chi connectivity index (χ0) is 14.1. The highest BCUT2D eigenvalue weighted by atomic mass is 32.2. The van der Waals surface area contributed by atoms with Crippen molar-refractivity contribution in [1.82, 2.24) is 4.72 Å². The van der Waals surface area contributed by atoms with Gasteiger partial charge in [-0.2, -0.15) is 0 Å². The van der Waals surface area contributed by atoms with Crippen molar-refractivity contribution in [2.45, 2.75) is 32.6 Å². The first-order valence-electron chi connectivity index (χ1n) is 6.58. The van der Waals surface area contributed by atoms with Crippen LogP contribution in [0, 0.1) is 11.3 Å². The summed E-state index contributed by atoms with van der Waals surface area (Å²) < 4.78 is 26.7. The van der Waals surface area contributed by atoms with Gasteiger partial charge in [0.2, 0.25) is 10.0 Å². The van der Waals surface area contributed by atoms with Gasteiger partial charge in [-0.3, -0.25) is 0 Å². The van der Waals surface area contributed by atoms with E-state index in [0.717, 1.165) is 17.5 Å². The van der Waals surface area contributed by atoms with E-state index in [1.54, 1.807) is 0 Å². The van der Waals surface area contributed by atoms with Crippen molar-refractivity contribution in [3.8, 4) is 0 Å². The predicted octanol–water partition coefficient (Wildman–Crippen LogP) is 1.61. The molecule has 5 heteroatoms. The van der Waals surface area contributed by atoms with Crippen LogP contribution in [0.3, 0.4) is 0 Å². The van der Waals surface area contributed by atoms with Gasteiger partial charge in [-0.05, 0) is 28.9 Å². The van der Waals surface area contributed by atoms with Crippen molar-refractivity contribution in [2.75, 3.05) is 6.54 Å². The van der Waals surface area contributed by atoms with Crippen LogP contribution in [0.25, 0.3) is 0 Å². The van der Waals surface area contributed by atoms with E-state index in [9.17, 15) is 8.42 Å². The van der Waals surface area contributed by atoms with E-state index in [2.05, 4.69) is 18.6 Å². The van der Waals surface area contributed by atoms with E-state index in [1.807, 2.05) is 24.3 Å². The number of rotatable bonds is 6. The molecule has 0 aromatic heterocycles. The van der Waals surface area contributed by atoms with Crippen LogP contribution in [0.15, 0.2) is 24.3 Å². The standard InChI is InChI=1S/C14H22N2O2S/c1-14(2)7-13(14)9-16-19(17,18)10-12-5-3-4-11(6-12)8-15/h3-6,13,16H,7-10,15H2,1-2H3. The zero-order valence-corrected chi connectivity index (χ0v) is 12.3. The molecule has 1 saturated carbocycles. The quantitative estimate of drug-likeness (QED) is 0.832. The molecule has 2 rings (SSSR count). The third-order valence-corrected chi connectivity index (χ3v) is 5.17. The number of benzene rings is 1. The van der Waals surface area contributed by atoms with Crippen LogP contribution in [0.2, 0.25) is 0 Å². The summed E-state index contributed by atoms with van der Waals surface area (Å²) in [5.74, 6) is 0.492. The maximum absolute atomic E-state index is 12.0. The van der Waals surface area contributed by atoms with Gasteiger partial charge in [-0.15, -0.1) is 0 Å². The van der Waals surface area contributed by atoms with Crippen LogP contribution >= 0.6 is 0 Å². The summed E-state index contributed by atoms with van der Waals surface area (Å²) in [6.07, 6.45) is 1.10. The summed E-state index contributed by atoms with van der Waals surface area (Å²) in [6.45, 7) is 5.30. The topological polar surface area (TPSA) is 72.2 Å². The highest BCUT2D eigenvalue weighted by Gasteiger charge is 2.45. The Labute approximate surface area is 115 Å². The number of hydrogen-bond acceptors (Lipinski definition) is 3. The Hall–Kier alpha value is -0.910. The van der Waals surface area contributed by atoms with Crippen molar-refractivity contribution in [2.24, 2.45) is 17.1 Å². The number of nitrogens with two attached hydrogens (primary N) is 1. The van der Waals surface area contributed by atoms with Gasteiger partial charge in [0.15, 0.2) is 0 Å². The molecule has 4 nitrogen and oxygen atoms in total. The van der Waals surface area contributed by atoms with Gasteiger partial charge >= 0.3 is 0 Å². The molecule has 1 unspecified atom stereocenters. The Morgan fingerprint density at radius 3 is 2.58 bits per heavy atom. The lowest BCUT2D eigenvalue weighted by Gasteiger charge is -2.08. The Bertz CT molecular complexity index is 552. The second kappa shape index (κ2) is 5.23. The first-order valence-corrected chi connectivity index (χ1v) is 8.23. The normalized spacial score (nSPS) is 21.3. The maximum atomic E-state index is 12.0. The van der Waals surface area contributed by atoms with Crippen LogP contribution in [0.5, 0.6) is 0 Å². The smallest absolute Gasteiger partial charge is 0.215 e. The molecule has 0 radical (unpaired) electrons. The van der Waals surface area contributed by atoms with Crippen molar-refractivity contribution in [3.63, 3.8) is 0 Å². The third-order valence-electron chi connectivity index (χ3n) is 3.85. The van der Waals surface area contributed by atoms with E-state index in [-0.39, 0.29) is 5.75 Å². The molecular weight excluding hydrogens is 260 g/mol. The van der Waals surface area contributed by atoms with Crippen LogP contribution in [0.1, 0.15) is 31.4 Å². The van der Waals surface area contributed by atoms with Crippen molar-refractivity contribution >= 4 is 10.0 Å². The molecule has 0 spiro atoms. The third kappa shape index (κ3) is 4.03. The highest BCUT2D eigenvalue weighted by Crippen LogP contribution is 2.51. The summed E-state index contributed by atoms with van der Waals surface area (Å²) in [4.78, 5) is 0. The van der Waals surface area contributed by atoms with Gasteiger partial charge in [0.05, 0.1) is 5.75 Å². The molecular formula is C14H22N2O2S. The molecule has 1 aromatic rings. The molecule has 1 aromatic carbocycles. The molecule has 0 amide bonds. The Balaban J connectivity index is 1.93. The Morgan fingerprint density at radius 1 is 1.37 bits per heavy atom. The van der Waals surface area contributed by atoms with E-state index in [0.29, 0.717) is 24.4 Å². The average molecular weight is 282 g/mol. The fraction of sp³-hybridized carbons (Fsp3) is 0.571. The van der Waals surface area contributed by atoms with Gasteiger partial charge in [-0.1, -0.05) is 38.1 Å².